The Hall–Kier alpha value is -2.55. The van der Waals surface area contributed by atoms with Gasteiger partial charge in [-0.2, -0.15) is 0 Å². The smallest absolute Gasteiger partial charge is 0.228 e. The highest BCUT2D eigenvalue weighted by molar-refractivity contribution is 5.95. The van der Waals surface area contributed by atoms with Crippen molar-refractivity contribution in [2.75, 3.05) is 5.32 Å². The molecule has 0 radical (unpaired) electrons. The van der Waals surface area contributed by atoms with Crippen LogP contribution < -0.4 is 5.32 Å². The van der Waals surface area contributed by atoms with Crippen molar-refractivity contribution in [1.29, 1.82) is 0 Å². The molecule has 3 heteroatoms. The molecule has 0 unspecified atom stereocenters. The molecule has 0 aliphatic carbocycles. The molecule has 24 heavy (non-hydrogen) atoms. The zero-order valence-electron chi connectivity index (χ0n) is 14.4. The first-order valence-electron chi connectivity index (χ1n) is 8.45. The van der Waals surface area contributed by atoms with Crippen molar-refractivity contribution < 1.29 is 9.21 Å². The number of amides is 1. The Morgan fingerprint density at radius 3 is 2.54 bits per heavy atom. The Balaban J connectivity index is 1.72. The van der Waals surface area contributed by atoms with Crippen LogP contribution in [0.2, 0.25) is 0 Å². The third kappa shape index (κ3) is 3.51. The number of hydrogen-bond acceptors (Lipinski definition) is 2. The van der Waals surface area contributed by atoms with Gasteiger partial charge in [-0.15, -0.1) is 0 Å². The number of furan rings is 1. The van der Waals surface area contributed by atoms with E-state index in [0.29, 0.717) is 12.3 Å². The average Bonchev–Trinajstić information content (AvgIpc) is 2.97. The van der Waals surface area contributed by atoms with Crippen molar-refractivity contribution in [3.63, 3.8) is 0 Å². The number of anilines is 1. The largest absolute Gasteiger partial charge is 0.464 e. The molecule has 3 nitrogen and oxygen atoms in total. The second kappa shape index (κ2) is 6.91. The summed E-state index contributed by atoms with van der Waals surface area (Å²) in [5.74, 6) is 0.455. The number of rotatable bonds is 5. The molecule has 1 aromatic heterocycles. The highest BCUT2D eigenvalue weighted by Crippen LogP contribution is 2.24. The van der Waals surface area contributed by atoms with Gasteiger partial charge in [0.05, 0.1) is 12.7 Å². The molecule has 1 amide bonds. The number of fused-ring (bicyclic) bond motifs is 1. The van der Waals surface area contributed by atoms with E-state index < -0.39 is 0 Å². The van der Waals surface area contributed by atoms with Crippen molar-refractivity contribution in [3.8, 4) is 0 Å². The van der Waals surface area contributed by atoms with Crippen LogP contribution in [0.3, 0.4) is 0 Å². The number of carbonyl (C=O) groups is 1. The fourth-order valence-electron chi connectivity index (χ4n) is 2.82. The molecule has 0 aliphatic rings. The minimum atomic E-state index is -0.0306. The SMILES string of the molecule is CCc1ccc2occ(CC(=O)Nc3ccc(C(C)C)cc3)c2c1. The molecule has 0 bridgehead atoms. The lowest BCUT2D eigenvalue weighted by Gasteiger charge is -2.08. The normalized spacial score (nSPS) is 11.2. The molecular weight excluding hydrogens is 298 g/mol. The molecular formula is C21H23NO2. The molecule has 0 aliphatic heterocycles. The van der Waals surface area contributed by atoms with E-state index in [1.807, 2.05) is 18.2 Å². The maximum Gasteiger partial charge on any atom is 0.228 e. The Kier molecular flexibility index (Phi) is 4.70. The number of carbonyl (C=O) groups excluding carboxylic acids is 1. The van der Waals surface area contributed by atoms with E-state index in [0.717, 1.165) is 28.6 Å². The van der Waals surface area contributed by atoms with Gasteiger partial charge in [0.2, 0.25) is 5.91 Å². The fourth-order valence-corrected chi connectivity index (χ4v) is 2.82. The molecule has 0 spiro atoms. The standard InChI is InChI=1S/C21H23NO2/c1-4-15-5-10-20-19(11-15)17(13-24-20)12-21(23)22-18-8-6-16(7-9-18)14(2)3/h5-11,13-14H,4,12H2,1-3H3,(H,22,23). The Bertz CT molecular complexity index is 844. The van der Waals surface area contributed by atoms with Crippen LogP contribution >= 0.6 is 0 Å². The van der Waals surface area contributed by atoms with Crippen molar-refractivity contribution in [2.45, 2.75) is 39.5 Å². The fraction of sp³-hybridized carbons (Fsp3) is 0.286. The average molecular weight is 321 g/mol. The van der Waals surface area contributed by atoms with Crippen LogP contribution in [0.1, 0.15) is 43.4 Å². The third-order valence-electron chi connectivity index (χ3n) is 4.34. The van der Waals surface area contributed by atoms with E-state index in [9.17, 15) is 4.79 Å². The van der Waals surface area contributed by atoms with E-state index in [1.165, 1.54) is 11.1 Å². The first-order valence-corrected chi connectivity index (χ1v) is 8.45. The van der Waals surface area contributed by atoms with Gasteiger partial charge in [0.15, 0.2) is 0 Å². The van der Waals surface area contributed by atoms with Gasteiger partial charge in [-0.1, -0.05) is 39.0 Å². The van der Waals surface area contributed by atoms with Gasteiger partial charge < -0.3 is 9.73 Å². The monoisotopic (exact) mass is 321 g/mol. The van der Waals surface area contributed by atoms with E-state index in [-0.39, 0.29) is 5.91 Å². The molecule has 124 valence electrons. The summed E-state index contributed by atoms with van der Waals surface area (Å²) in [6, 6.07) is 14.2. The second-order valence-electron chi connectivity index (χ2n) is 6.45. The van der Waals surface area contributed by atoms with Gasteiger partial charge in [-0.3, -0.25) is 4.79 Å². The first-order chi connectivity index (χ1) is 11.6. The zero-order valence-corrected chi connectivity index (χ0v) is 14.4. The highest BCUT2D eigenvalue weighted by Gasteiger charge is 2.11. The molecule has 1 heterocycles. The molecule has 3 aromatic rings. The summed E-state index contributed by atoms with van der Waals surface area (Å²) in [4.78, 5) is 12.3. The summed E-state index contributed by atoms with van der Waals surface area (Å²) >= 11 is 0. The van der Waals surface area contributed by atoms with Crippen molar-refractivity contribution >= 4 is 22.6 Å². The Morgan fingerprint density at radius 1 is 1.12 bits per heavy atom. The quantitative estimate of drug-likeness (QED) is 0.693. The topological polar surface area (TPSA) is 42.2 Å². The van der Waals surface area contributed by atoms with Crippen LogP contribution in [-0.4, -0.2) is 5.91 Å². The van der Waals surface area contributed by atoms with Crippen molar-refractivity contribution in [1.82, 2.24) is 0 Å². The van der Waals surface area contributed by atoms with Crippen LogP contribution in [0, 0.1) is 0 Å². The van der Waals surface area contributed by atoms with E-state index >= 15 is 0 Å². The molecule has 0 saturated heterocycles. The predicted octanol–water partition coefficient (Wildman–Crippen LogP) is 5.30. The lowest BCUT2D eigenvalue weighted by atomic mass is 10.0. The summed E-state index contributed by atoms with van der Waals surface area (Å²) in [6.45, 7) is 6.43. The van der Waals surface area contributed by atoms with Gasteiger partial charge in [-0.05, 0) is 47.7 Å². The molecule has 0 atom stereocenters. The van der Waals surface area contributed by atoms with E-state index in [2.05, 4.69) is 50.4 Å². The predicted molar refractivity (Wildman–Crippen MR) is 98.5 cm³/mol. The minimum Gasteiger partial charge on any atom is -0.464 e. The van der Waals surface area contributed by atoms with Crippen molar-refractivity contribution in [3.05, 3.63) is 65.4 Å². The van der Waals surface area contributed by atoms with Gasteiger partial charge in [0.25, 0.3) is 0 Å². The molecule has 0 saturated carbocycles. The van der Waals surface area contributed by atoms with Gasteiger partial charge in [-0.25, -0.2) is 0 Å². The van der Waals surface area contributed by atoms with E-state index in [4.69, 9.17) is 4.42 Å². The maximum atomic E-state index is 12.3. The minimum absolute atomic E-state index is 0.0306. The summed E-state index contributed by atoms with van der Waals surface area (Å²) in [6.07, 6.45) is 2.96. The number of benzene rings is 2. The number of hydrogen-bond donors (Lipinski definition) is 1. The summed E-state index contributed by atoms with van der Waals surface area (Å²) < 4.78 is 5.56. The van der Waals surface area contributed by atoms with Crippen LogP contribution in [0.15, 0.2) is 53.1 Å². The van der Waals surface area contributed by atoms with Crippen molar-refractivity contribution in [2.24, 2.45) is 0 Å². The summed E-state index contributed by atoms with van der Waals surface area (Å²) in [5.41, 5.74) is 5.09. The van der Waals surface area contributed by atoms with Crippen LogP contribution in [0.25, 0.3) is 11.0 Å². The van der Waals surface area contributed by atoms with Gasteiger partial charge in [0, 0.05) is 16.6 Å². The lowest BCUT2D eigenvalue weighted by molar-refractivity contribution is -0.115. The first kappa shape index (κ1) is 16.3. The zero-order chi connectivity index (χ0) is 17.1. The number of nitrogens with one attached hydrogen (secondary N) is 1. The van der Waals surface area contributed by atoms with Gasteiger partial charge in [0.1, 0.15) is 5.58 Å². The van der Waals surface area contributed by atoms with Crippen LogP contribution in [0.4, 0.5) is 5.69 Å². The lowest BCUT2D eigenvalue weighted by Crippen LogP contribution is -2.14. The van der Waals surface area contributed by atoms with Crippen LogP contribution in [0.5, 0.6) is 0 Å². The van der Waals surface area contributed by atoms with E-state index in [1.54, 1.807) is 6.26 Å². The third-order valence-corrected chi connectivity index (χ3v) is 4.34. The summed E-state index contributed by atoms with van der Waals surface area (Å²) in [7, 11) is 0. The maximum absolute atomic E-state index is 12.3. The second-order valence-corrected chi connectivity index (χ2v) is 6.45. The molecule has 3 rings (SSSR count). The Labute approximate surface area is 142 Å². The van der Waals surface area contributed by atoms with Crippen LogP contribution in [-0.2, 0) is 17.6 Å². The highest BCUT2D eigenvalue weighted by atomic mass is 16.3. The summed E-state index contributed by atoms with van der Waals surface area (Å²) in [5, 5.41) is 3.99. The van der Waals surface area contributed by atoms with Gasteiger partial charge >= 0.3 is 0 Å². The Morgan fingerprint density at radius 2 is 1.88 bits per heavy atom. The number of aryl methyl sites for hydroxylation is 1. The molecule has 2 aromatic carbocycles. The molecule has 0 fully saturated rings. The molecule has 1 N–H and O–H groups in total.